The lowest BCUT2D eigenvalue weighted by atomic mass is 10.3. The Hall–Kier alpha value is -3.01. The minimum atomic E-state index is -0.502. The van der Waals surface area contributed by atoms with Crippen LogP contribution in [-0.2, 0) is 4.74 Å². The van der Waals surface area contributed by atoms with Crippen molar-refractivity contribution in [3.63, 3.8) is 0 Å². The number of morpholine rings is 1. The first-order valence-electron chi connectivity index (χ1n) is 7.25. The predicted octanol–water partition coefficient (Wildman–Crippen LogP) is 1.80. The van der Waals surface area contributed by atoms with E-state index in [0.717, 1.165) is 6.20 Å². The van der Waals surface area contributed by atoms with Crippen LogP contribution in [0.4, 0.5) is 27.5 Å². The van der Waals surface area contributed by atoms with Crippen molar-refractivity contribution in [1.29, 1.82) is 0 Å². The molecule has 0 aliphatic carbocycles. The molecule has 3 rings (SSSR count). The second kappa shape index (κ2) is 7.04. The highest BCUT2D eigenvalue weighted by Crippen LogP contribution is 2.19. The summed E-state index contributed by atoms with van der Waals surface area (Å²) in [6.45, 7) is 2.16. The standard InChI is InChI=1S/C14H15FN6O3/c15-12-9-16-14(17-13(12)20-5-7-24-8-6-20)19-18-10-1-3-11(4-2-10)21(22)23/h1-4,9,18H,5-8H2,(H,16,17,19). The van der Waals surface area contributed by atoms with Gasteiger partial charge in [-0.2, -0.15) is 4.98 Å². The third kappa shape index (κ3) is 3.66. The number of nitro benzene ring substituents is 1. The summed E-state index contributed by atoms with van der Waals surface area (Å²) in [5.74, 6) is -0.102. The third-order valence-electron chi connectivity index (χ3n) is 3.43. The van der Waals surface area contributed by atoms with Gasteiger partial charge in [-0.15, -0.1) is 0 Å². The van der Waals surface area contributed by atoms with Crippen molar-refractivity contribution in [2.75, 3.05) is 42.1 Å². The smallest absolute Gasteiger partial charge is 0.269 e. The third-order valence-corrected chi connectivity index (χ3v) is 3.43. The number of hydrazine groups is 1. The van der Waals surface area contributed by atoms with Gasteiger partial charge in [0.15, 0.2) is 11.6 Å². The average molecular weight is 334 g/mol. The molecular weight excluding hydrogens is 319 g/mol. The molecule has 2 aromatic rings. The summed E-state index contributed by atoms with van der Waals surface area (Å²) < 4.78 is 19.2. The van der Waals surface area contributed by atoms with Gasteiger partial charge in [0.2, 0.25) is 5.95 Å². The molecule has 24 heavy (non-hydrogen) atoms. The van der Waals surface area contributed by atoms with Crippen molar-refractivity contribution < 1.29 is 14.1 Å². The monoisotopic (exact) mass is 334 g/mol. The van der Waals surface area contributed by atoms with Gasteiger partial charge in [0.25, 0.3) is 5.69 Å². The molecular formula is C14H15FN6O3. The van der Waals surface area contributed by atoms with Crippen LogP contribution in [0.25, 0.3) is 0 Å². The molecule has 9 nitrogen and oxygen atoms in total. The number of non-ortho nitro benzene ring substituents is 1. The Morgan fingerprint density at radius 1 is 1.21 bits per heavy atom. The lowest BCUT2D eigenvalue weighted by Crippen LogP contribution is -2.37. The molecule has 0 bridgehead atoms. The van der Waals surface area contributed by atoms with Crippen LogP contribution >= 0.6 is 0 Å². The van der Waals surface area contributed by atoms with Crippen LogP contribution in [0, 0.1) is 15.9 Å². The largest absolute Gasteiger partial charge is 0.378 e. The Bertz CT molecular complexity index is 721. The molecule has 1 saturated heterocycles. The number of rotatable bonds is 5. The van der Waals surface area contributed by atoms with Crippen molar-refractivity contribution >= 4 is 23.1 Å². The summed E-state index contributed by atoms with van der Waals surface area (Å²) in [6, 6.07) is 5.82. The maximum atomic E-state index is 13.9. The van der Waals surface area contributed by atoms with Gasteiger partial charge in [-0.25, -0.2) is 9.37 Å². The number of ether oxygens (including phenoxy) is 1. The van der Waals surface area contributed by atoms with Crippen LogP contribution in [0.3, 0.4) is 0 Å². The normalized spacial score (nSPS) is 14.3. The van der Waals surface area contributed by atoms with E-state index < -0.39 is 10.7 Å². The Morgan fingerprint density at radius 3 is 2.58 bits per heavy atom. The minimum absolute atomic E-state index is 0.00631. The molecule has 1 aliphatic rings. The van der Waals surface area contributed by atoms with Crippen molar-refractivity contribution in [2.24, 2.45) is 0 Å². The molecule has 0 atom stereocenters. The molecule has 0 spiro atoms. The number of anilines is 3. The molecule has 0 radical (unpaired) electrons. The highest BCUT2D eigenvalue weighted by atomic mass is 19.1. The van der Waals surface area contributed by atoms with E-state index in [9.17, 15) is 14.5 Å². The van der Waals surface area contributed by atoms with Crippen molar-refractivity contribution in [1.82, 2.24) is 9.97 Å². The summed E-state index contributed by atoms with van der Waals surface area (Å²) in [4.78, 5) is 20.0. The molecule has 2 N–H and O–H groups in total. The first kappa shape index (κ1) is 15.9. The minimum Gasteiger partial charge on any atom is -0.378 e. The maximum Gasteiger partial charge on any atom is 0.269 e. The number of halogens is 1. The fourth-order valence-corrected chi connectivity index (χ4v) is 2.21. The molecule has 0 unspecified atom stereocenters. The van der Waals surface area contributed by atoms with E-state index in [0.29, 0.717) is 32.0 Å². The van der Waals surface area contributed by atoms with Gasteiger partial charge in [0.05, 0.1) is 30.0 Å². The van der Waals surface area contributed by atoms with Gasteiger partial charge in [-0.1, -0.05) is 0 Å². The number of nitro groups is 1. The summed E-state index contributed by atoms with van der Waals surface area (Å²) in [5.41, 5.74) is 6.14. The molecule has 126 valence electrons. The zero-order chi connectivity index (χ0) is 16.9. The van der Waals surface area contributed by atoms with Gasteiger partial charge >= 0.3 is 0 Å². The second-order valence-corrected chi connectivity index (χ2v) is 5.02. The quantitative estimate of drug-likeness (QED) is 0.630. The summed E-state index contributed by atoms with van der Waals surface area (Å²) >= 11 is 0. The van der Waals surface area contributed by atoms with E-state index in [-0.39, 0.29) is 17.5 Å². The molecule has 2 heterocycles. The van der Waals surface area contributed by atoms with Gasteiger partial charge in [-0.3, -0.25) is 21.0 Å². The number of hydrogen-bond donors (Lipinski definition) is 2. The Kier molecular flexibility index (Phi) is 4.66. The Balaban J connectivity index is 1.67. The molecule has 1 aromatic carbocycles. The van der Waals surface area contributed by atoms with Crippen LogP contribution in [0.2, 0.25) is 0 Å². The van der Waals surface area contributed by atoms with Crippen molar-refractivity contribution in [2.45, 2.75) is 0 Å². The summed E-state index contributed by atoms with van der Waals surface area (Å²) in [7, 11) is 0. The molecule has 0 saturated carbocycles. The van der Waals surface area contributed by atoms with Crippen LogP contribution in [0.1, 0.15) is 0 Å². The first-order chi connectivity index (χ1) is 11.6. The number of hydrogen-bond acceptors (Lipinski definition) is 8. The Morgan fingerprint density at radius 2 is 1.92 bits per heavy atom. The topological polar surface area (TPSA) is 105 Å². The zero-order valence-corrected chi connectivity index (χ0v) is 12.6. The van der Waals surface area contributed by atoms with E-state index >= 15 is 0 Å². The molecule has 1 fully saturated rings. The van der Waals surface area contributed by atoms with Crippen LogP contribution in [0.15, 0.2) is 30.5 Å². The zero-order valence-electron chi connectivity index (χ0n) is 12.6. The van der Waals surface area contributed by atoms with Crippen molar-refractivity contribution in [3.05, 3.63) is 46.4 Å². The molecule has 0 amide bonds. The fourth-order valence-electron chi connectivity index (χ4n) is 2.21. The van der Waals surface area contributed by atoms with Gasteiger partial charge < -0.3 is 9.64 Å². The van der Waals surface area contributed by atoms with E-state index in [2.05, 4.69) is 20.8 Å². The Labute approximate surface area is 136 Å². The van der Waals surface area contributed by atoms with E-state index in [1.165, 1.54) is 24.3 Å². The molecule has 10 heteroatoms. The first-order valence-corrected chi connectivity index (χ1v) is 7.25. The second-order valence-electron chi connectivity index (χ2n) is 5.02. The van der Waals surface area contributed by atoms with Crippen LogP contribution < -0.4 is 15.8 Å². The SMILES string of the molecule is O=[N+]([O-])c1ccc(NNc2ncc(F)c(N3CCOCC3)n2)cc1. The lowest BCUT2D eigenvalue weighted by Gasteiger charge is -2.28. The average Bonchev–Trinajstić information content (AvgIpc) is 2.62. The van der Waals surface area contributed by atoms with Crippen LogP contribution in [-0.4, -0.2) is 41.2 Å². The highest BCUT2D eigenvalue weighted by Gasteiger charge is 2.17. The maximum absolute atomic E-state index is 13.9. The highest BCUT2D eigenvalue weighted by molar-refractivity contribution is 5.52. The predicted molar refractivity (Wildman–Crippen MR) is 85.4 cm³/mol. The summed E-state index contributed by atoms with van der Waals surface area (Å²) in [5, 5.41) is 10.6. The van der Waals surface area contributed by atoms with Gasteiger partial charge in [-0.05, 0) is 12.1 Å². The lowest BCUT2D eigenvalue weighted by molar-refractivity contribution is -0.384. The summed E-state index contributed by atoms with van der Waals surface area (Å²) in [6.07, 6.45) is 1.09. The molecule has 1 aliphatic heterocycles. The van der Waals surface area contributed by atoms with Gasteiger partial charge in [0, 0.05) is 25.2 Å². The van der Waals surface area contributed by atoms with Crippen molar-refractivity contribution in [3.8, 4) is 0 Å². The van der Waals surface area contributed by atoms with E-state index in [1.54, 1.807) is 4.90 Å². The molecule has 1 aromatic heterocycles. The van der Waals surface area contributed by atoms with Gasteiger partial charge in [0.1, 0.15) is 0 Å². The van der Waals surface area contributed by atoms with E-state index in [4.69, 9.17) is 4.74 Å². The van der Waals surface area contributed by atoms with E-state index in [1.807, 2.05) is 0 Å². The number of nitrogens with zero attached hydrogens (tertiary/aromatic N) is 4. The number of aromatic nitrogens is 2. The number of benzene rings is 1. The van der Waals surface area contributed by atoms with Crippen LogP contribution in [0.5, 0.6) is 0 Å². The number of nitrogens with one attached hydrogen (secondary N) is 2. The fraction of sp³-hybridized carbons (Fsp3) is 0.286.